The summed E-state index contributed by atoms with van der Waals surface area (Å²) in [4.78, 5) is 24.7. The summed E-state index contributed by atoms with van der Waals surface area (Å²) in [5, 5.41) is 9.10. The molecule has 1 aliphatic rings. The summed E-state index contributed by atoms with van der Waals surface area (Å²) in [6.07, 6.45) is 0.954. The molecule has 1 aliphatic heterocycles. The molecule has 1 unspecified atom stereocenters. The van der Waals surface area contributed by atoms with Gasteiger partial charge in [0.1, 0.15) is 0 Å². The van der Waals surface area contributed by atoms with Crippen molar-refractivity contribution in [2.24, 2.45) is 0 Å². The average molecular weight is 277 g/mol. The molecule has 20 heavy (non-hydrogen) atoms. The van der Waals surface area contributed by atoms with Crippen molar-refractivity contribution in [3.63, 3.8) is 0 Å². The van der Waals surface area contributed by atoms with Crippen molar-refractivity contribution in [1.29, 1.82) is 0 Å². The molecule has 1 amide bonds. The van der Waals surface area contributed by atoms with E-state index in [0.717, 1.165) is 5.56 Å². The van der Waals surface area contributed by atoms with Crippen molar-refractivity contribution in [2.45, 2.75) is 25.8 Å². The van der Waals surface area contributed by atoms with Gasteiger partial charge in [-0.3, -0.25) is 4.79 Å². The van der Waals surface area contributed by atoms with E-state index in [9.17, 15) is 9.59 Å². The highest BCUT2D eigenvalue weighted by atomic mass is 16.5. The highest BCUT2D eigenvalue weighted by Gasteiger charge is 2.32. The van der Waals surface area contributed by atoms with Gasteiger partial charge in [0.25, 0.3) is 0 Å². The molecule has 5 heteroatoms. The zero-order chi connectivity index (χ0) is 14.5. The lowest BCUT2D eigenvalue weighted by Gasteiger charge is -2.32. The van der Waals surface area contributed by atoms with E-state index in [1.54, 1.807) is 0 Å². The molecule has 1 N–H and O–H groups in total. The highest BCUT2D eigenvalue weighted by molar-refractivity contribution is 5.84. The average Bonchev–Trinajstić information content (AvgIpc) is 2.46. The second-order valence-electron chi connectivity index (χ2n) is 5.00. The number of benzene rings is 1. The Hall–Kier alpha value is -1.88. The molecule has 0 aromatic heterocycles. The summed E-state index contributed by atoms with van der Waals surface area (Å²) in [5.41, 5.74) is 2.27. The molecule has 0 radical (unpaired) electrons. The fourth-order valence-electron chi connectivity index (χ4n) is 2.26. The smallest absolute Gasteiger partial charge is 0.328 e. The molecule has 1 saturated heterocycles. The van der Waals surface area contributed by atoms with Gasteiger partial charge in [0.15, 0.2) is 6.04 Å². The van der Waals surface area contributed by atoms with Crippen LogP contribution in [0.4, 0.5) is 0 Å². The predicted molar refractivity (Wildman–Crippen MR) is 73.5 cm³/mol. The maximum absolute atomic E-state index is 12.2. The third-order valence-electron chi connectivity index (χ3n) is 3.48. The molecular weight excluding hydrogens is 258 g/mol. The molecule has 0 aliphatic carbocycles. The van der Waals surface area contributed by atoms with Gasteiger partial charge < -0.3 is 14.7 Å². The van der Waals surface area contributed by atoms with Crippen LogP contribution in [0.2, 0.25) is 0 Å². The van der Waals surface area contributed by atoms with Gasteiger partial charge in [0, 0.05) is 13.0 Å². The molecule has 2 rings (SSSR count). The fourth-order valence-corrected chi connectivity index (χ4v) is 2.26. The van der Waals surface area contributed by atoms with Crippen molar-refractivity contribution >= 4 is 11.9 Å². The molecule has 5 nitrogen and oxygen atoms in total. The third-order valence-corrected chi connectivity index (χ3v) is 3.48. The molecule has 0 spiro atoms. The van der Waals surface area contributed by atoms with Crippen LogP contribution >= 0.6 is 0 Å². The topological polar surface area (TPSA) is 66.8 Å². The van der Waals surface area contributed by atoms with E-state index < -0.39 is 12.0 Å². The van der Waals surface area contributed by atoms with Crippen molar-refractivity contribution in [3.8, 4) is 0 Å². The van der Waals surface area contributed by atoms with Crippen LogP contribution in [0, 0.1) is 6.92 Å². The maximum atomic E-state index is 12.2. The molecule has 1 aromatic carbocycles. The van der Waals surface area contributed by atoms with E-state index >= 15 is 0 Å². The lowest BCUT2D eigenvalue weighted by atomic mass is 10.1. The number of amides is 1. The molecule has 1 heterocycles. The van der Waals surface area contributed by atoms with Gasteiger partial charge in [0.05, 0.1) is 13.2 Å². The summed E-state index contributed by atoms with van der Waals surface area (Å²) in [6.45, 7) is 2.84. The summed E-state index contributed by atoms with van der Waals surface area (Å²) in [6, 6.07) is 7.16. The lowest BCUT2D eigenvalue weighted by Crippen LogP contribution is -2.52. The van der Waals surface area contributed by atoms with Gasteiger partial charge in [-0.1, -0.05) is 29.8 Å². The van der Waals surface area contributed by atoms with Crippen LogP contribution in [0.5, 0.6) is 0 Å². The minimum absolute atomic E-state index is 0.0750. The van der Waals surface area contributed by atoms with Crippen LogP contribution in [0.3, 0.4) is 0 Å². The Morgan fingerprint density at radius 2 is 2.05 bits per heavy atom. The molecule has 1 atom stereocenters. The number of ether oxygens (including phenoxy) is 1. The van der Waals surface area contributed by atoms with Crippen LogP contribution in [0.15, 0.2) is 24.3 Å². The van der Waals surface area contributed by atoms with Crippen LogP contribution < -0.4 is 0 Å². The first kappa shape index (κ1) is 14.5. The van der Waals surface area contributed by atoms with Crippen molar-refractivity contribution in [3.05, 3.63) is 35.4 Å². The molecular formula is C15H19NO4. The van der Waals surface area contributed by atoms with Crippen molar-refractivity contribution in [1.82, 2.24) is 4.90 Å². The second kappa shape index (κ2) is 6.52. The number of aliphatic carboxylic acids is 1. The molecule has 0 bridgehead atoms. The van der Waals surface area contributed by atoms with Crippen LogP contribution in [0.25, 0.3) is 0 Å². The fraction of sp³-hybridized carbons (Fsp3) is 0.467. The van der Waals surface area contributed by atoms with Crippen molar-refractivity contribution in [2.75, 3.05) is 19.8 Å². The first-order valence-corrected chi connectivity index (χ1v) is 6.73. The first-order chi connectivity index (χ1) is 9.58. The number of carbonyl (C=O) groups is 2. The number of hydrogen-bond donors (Lipinski definition) is 1. The minimum atomic E-state index is -1.01. The van der Waals surface area contributed by atoms with E-state index in [4.69, 9.17) is 9.84 Å². The number of hydrogen-bond acceptors (Lipinski definition) is 3. The van der Waals surface area contributed by atoms with E-state index in [1.807, 2.05) is 31.2 Å². The van der Waals surface area contributed by atoms with Crippen LogP contribution in [0.1, 0.15) is 17.5 Å². The number of carboxylic acid groups (broad SMARTS) is 1. The summed E-state index contributed by atoms with van der Waals surface area (Å²) in [7, 11) is 0. The van der Waals surface area contributed by atoms with Gasteiger partial charge >= 0.3 is 5.97 Å². The Morgan fingerprint density at radius 1 is 1.35 bits per heavy atom. The normalized spacial score (nSPS) is 18.9. The van der Waals surface area contributed by atoms with Crippen LogP contribution in [-0.2, 0) is 20.7 Å². The summed E-state index contributed by atoms with van der Waals surface area (Å²) >= 11 is 0. The Balaban J connectivity index is 1.93. The standard InChI is InChI=1S/C15H19NO4/c1-11-2-4-12(5-3-11)6-7-14(17)16-8-9-20-10-13(16)15(18)19/h2-5,13H,6-10H2,1H3,(H,18,19). The minimum Gasteiger partial charge on any atom is -0.480 e. The van der Waals surface area contributed by atoms with Gasteiger partial charge in [0.2, 0.25) is 5.91 Å². The molecule has 1 fully saturated rings. The number of aryl methyl sites for hydroxylation is 2. The number of morpholine rings is 1. The molecule has 1 aromatic rings. The van der Waals surface area contributed by atoms with Crippen molar-refractivity contribution < 1.29 is 19.4 Å². The second-order valence-corrected chi connectivity index (χ2v) is 5.00. The lowest BCUT2D eigenvalue weighted by molar-refractivity contribution is -0.158. The van der Waals surface area contributed by atoms with Gasteiger partial charge in [-0.25, -0.2) is 4.79 Å². The third kappa shape index (κ3) is 3.57. The Kier molecular flexibility index (Phi) is 4.74. The number of carbonyl (C=O) groups excluding carboxylic acids is 1. The first-order valence-electron chi connectivity index (χ1n) is 6.73. The van der Waals surface area contributed by atoms with E-state index in [2.05, 4.69) is 0 Å². The zero-order valence-corrected chi connectivity index (χ0v) is 11.5. The van der Waals surface area contributed by atoms with E-state index in [1.165, 1.54) is 10.5 Å². The number of nitrogens with zero attached hydrogens (tertiary/aromatic N) is 1. The molecule has 108 valence electrons. The number of carboxylic acids is 1. The maximum Gasteiger partial charge on any atom is 0.328 e. The monoisotopic (exact) mass is 277 g/mol. The van der Waals surface area contributed by atoms with Gasteiger partial charge in [-0.2, -0.15) is 0 Å². The Morgan fingerprint density at radius 3 is 2.70 bits per heavy atom. The number of rotatable bonds is 4. The Bertz CT molecular complexity index is 483. The Labute approximate surface area is 118 Å². The zero-order valence-electron chi connectivity index (χ0n) is 11.5. The summed E-state index contributed by atoms with van der Waals surface area (Å²) in [5.74, 6) is -1.13. The van der Waals surface area contributed by atoms with Gasteiger partial charge in [-0.05, 0) is 18.9 Å². The SMILES string of the molecule is Cc1ccc(CCC(=O)N2CCOCC2C(=O)O)cc1. The van der Waals surface area contributed by atoms with E-state index in [-0.39, 0.29) is 12.5 Å². The van der Waals surface area contributed by atoms with Crippen LogP contribution in [-0.4, -0.2) is 47.7 Å². The largest absolute Gasteiger partial charge is 0.480 e. The van der Waals surface area contributed by atoms with E-state index in [0.29, 0.717) is 26.0 Å². The highest BCUT2D eigenvalue weighted by Crippen LogP contribution is 2.12. The van der Waals surface area contributed by atoms with Gasteiger partial charge in [-0.15, -0.1) is 0 Å². The quantitative estimate of drug-likeness (QED) is 0.899. The summed E-state index contributed by atoms with van der Waals surface area (Å²) < 4.78 is 5.13. The molecule has 0 saturated carbocycles. The predicted octanol–water partition coefficient (Wildman–Crippen LogP) is 1.24.